The summed E-state index contributed by atoms with van der Waals surface area (Å²) >= 11 is 0. The van der Waals surface area contributed by atoms with Gasteiger partial charge in [-0.1, -0.05) is 0 Å². The Kier molecular flexibility index (Phi) is 7.45. The van der Waals surface area contributed by atoms with Crippen LogP contribution in [0.3, 0.4) is 0 Å². The van der Waals surface area contributed by atoms with Gasteiger partial charge in [-0.05, 0) is 60.7 Å². The van der Waals surface area contributed by atoms with Crippen LogP contribution in [0.2, 0.25) is 0 Å². The minimum Gasteiger partial charge on any atom is -0.491 e. The van der Waals surface area contributed by atoms with E-state index in [9.17, 15) is 14.4 Å². The van der Waals surface area contributed by atoms with Crippen LogP contribution in [0.1, 0.15) is 37.5 Å². The summed E-state index contributed by atoms with van der Waals surface area (Å²) in [6, 6.07) is 17.3. The third-order valence-corrected chi connectivity index (χ3v) is 6.30. The molecule has 6 rings (SSSR count). The number of epoxide rings is 3. The first kappa shape index (κ1) is 26.0. The quantitative estimate of drug-likeness (QED) is 0.136. The molecule has 0 amide bonds. The predicted molar refractivity (Wildman–Crippen MR) is 138 cm³/mol. The molecule has 3 saturated heterocycles. The van der Waals surface area contributed by atoms with Crippen LogP contribution < -0.4 is 18.9 Å². The Balaban J connectivity index is 1.14. The van der Waals surface area contributed by atoms with Crippen LogP contribution in [0, 0.1) is 0 Å². The van der Waals surface area contributed by atoms with Crippen LogP contribution in [0.4, 0.5) is 0 Å². The number of hydrogen-bond donors (Lipinski definition) is 0. The lowest BCUT2D eigenvalue weighted by atomic mass is 10.1. The van der Waals surface area contributed by atoms with Crippen molar-refractivity contribution in [3.63, 3.8) is 0 Å². The van der Waals surface area contributed by atoms with Crippen molar-refractivity contribution in [2.45, 2.75) is 24.7 Å². The highest BCUT2D eigenvalue weighted by Gasteiger charge is 2.27. The number of benzene rings is 3. The van der Waals surface area contributed by atoms with Crippen molar-refractivity contribution in [3.8, 4) is 23.0 Å². The van der Waals surface area contributed by atoms with Crippen LogP contribution >= 0.6 is 0 Å². The normalized spacial score (nSPS) is 20.2. The Bertz CT molecular complexity index is 1300. The van der Waals surface area contributed by atoms with Crippen LogP contribution in [0.25, 0.3) is 0 Å². The fraction of sp³-hybridized carbons (Fsp3) is 0.300. The van der Waals surface area contributed by atoms with Crippen molar-refractivity contribution in [1.29, 1.82) is 0 Å². The van der Waals surface area contributed by atoms with Gasteiger partial charge in [0.05, 0.1) is 37.1 Å². The van der Waals surface area contributed by atoms with Gasteiger partial charge < -0.3 is 33.2 Å². The van der Waals surface area contributed by atoms with E-state index in [1.54, 1.807) is 48.5 Å². The second-order valence-electron chi connectivity index (χ2n) is 9.64. The second-order valence-corrected chi connectivity index (χ2v) is 9.64. The summed E-state index contributed by atoms with van der Waals surface area (Å²) in [6.07, 6.45) is 0.278. The third-order valence-electron chi connectivity index (χ3n) is 6.30. The molecule has 0 N–H and O–H groups in total. The lowest BCUT2D eigenvalue weighted by molar-refractivity contribution is 0.0730. The first-order chi connectivity index (χ1) is 19.5. The fourth-order valence-corrected chi connectivity index (χ4v) is 3.77. The minimum absolute atomic E-state index is 0.0626. The lowest BCUT2D eigenvalue weighted by Gasteiger charge is -2.11. The Morgan fingerprint density at radius 1 is 0.575 bits per heavy atom. The number of Topliss-reactive ketones (excluding diaryl/α,β-unsaturated/α-hetero) is 1. The molecule has 206 valence electrons. The highest BCUT2D eigenvalue weighted by atomic mass is 16.6. The molecule has 3 aromatic carbocycles. The van der Waals surface area contributed by atoms with Gasteiger partial charge in [-0.3, -0.25) is 4.79 Å². The molecule has 0 spiro atoms. The Morgan fingerprint density at radius 2 is 1.00 bits per heavy atom. The fourth-order valence-electron chi connectivity index (χ4n) is 3.77. The number of hydrogen-bond acceptors (Lipinski definition) is 10. The zero-order valence-electron chi connectivity index (χ0n) is 21.4. The summed E-state index contributed by atoms with van der Waals surface area (Å²) in [6.45, 7) is 2.80. The zero-order valence-corrected chi connectivity index (χ0v) is 21.4. The van der Waals surface area contributed by atoms with Crippen molar-refractivity contribution in [2.75, 3.05) is 33.0 Å². The molecule has 0 saturated carbocycles. The topological polar surface area (TPSA) is 126 Å². The van der Waals surface area contributed by atoms with Gasteiger partial charge >= 0.3 is 11.9 Å². The van der Waals surface area contributed by atoms with Gasteiger partial charge in [0.2, 0.25) is 0 Å². The zero-order chi connectivity index (χ0) is 27.5. The molecule has 0 aromatic heterocycles. The first-order valence-electron chi connectivity index (χ1n) is 12.9. The first-order valence-corrected chi connectivity index (χ1v) is 12.9. The van der Waals surface area contributed by atoms with Crippen LogP contribution in [0.15, 0.2) is 66.7 Å². The van der Waals surface area contributed by atoms with E-state index in [0.29, 0.717) is 44.5 Å². The van der Waals surface area contributed by atoms with Crippen molar-refractivity contribution in [1.82, 2.24) is 0 Å². The summed E-state index contributed by atoms with van der Waals surface area (Å²) in [5.74, 6) is -0.172. The maximum atomic E-state index is 12.8. The molecule has 0 aliphatic carbocycles. The monoisotopic (exact) mass is 546 g/mol. The van der Waals surface area contributed by atoms with Crippen LogP contribution in [-0.4, -0.2) is 69.1 Å². The van der Waals surface area contributed by atoms with Gasteiger partial charge in [0.1, 0.15) is 48.4 Å². The van der Waals surface area contributed by atoms with Crippen molar-refractivity contribution >= 4 is 17.7 Å². The van der Waals surface area contributed by atoms with Gasteiger partial charge in [0.15, 0.2) is 5.78 Å². The molecule has 3 aliphatic rings. The average molecular weight is 547 g/mol. The van der Waals surface area contributed by atoms with E-state index in [2.05, 4.69) is 0 Å². The van der Waals surface area contributed by atoms with E-state index in [0.717, 1.165) is 0 Å². The van der Waals surface area contributed by atoms with Crippen molar-refractivity contribution in [3.05, 3.63) is 83.4 Å². The SMILES string of the molecule is O=C(CC1CO1)c1cc(OC(=O)c2ccc(OCC3CO3)cc2)cc(OC(=O)c2ccc(OCC3CO3)cc2)c1. The highest BCUT2D eigenvalue weighted by molar-refractivity contribution is 5.98. The lowest BCUT2D eigenvalue weighted by Crippen LogP contribution is -2.12. The largest absolute Gasteiger partial charge is 0.491 e. The smallest absolute Gasteiger partial charge is 0.343 e. The number of carbonyl (C=O) groups excluding carboxylic acids is 3. The minimum atomic E-state index is -0.642. The predicted octanol–water partition coefficient (Wildman–Crippen LogP) is 3.65. The number of carbonyl (C=O) groups is 3. The molecule has 10 nitrogen and oxygen atoms in total. The molecule has 0 bridgehead atoms. The maximum Gasteiger partial charge on any atom is 0.343 e. The third kappa shape index (κ3) is 7.23. The van der Waals surface area contributed by atoms with Gasteiger partial charge in [-0.25, -0.2) is 9.59 Å². The Hall–Kier alpha value is -4.25. The number of rotatable bonds is 13. The molecule has 3 aliphatic heterocycles. The summed E-state index contributed by atoms with van der Waals surface area (Å²) < 4.78 is 37.7. The average Bonchev–Trinajstić information content (AvgIpc) is 3.80. The molecule has 3 unspecified atom stereocenters. The van der Waals surface area contributed by atoms with E-state index in [4.69, 9.17) is 33.2 Å². The van der Waals surface area contributed by atoms with E-state index in [-0.39, 0.29) is 58.7 Å². The Morgan fingerprint density at radius 3 is 1.40 bits per heavy atom. The standard InChI is InChI=1S/C30H26O10/c31-28(12-25-13-36-25)20-9-23(39-29(32)18-1-5-21(6-2-18)34-14-26-16-37-26)11-24(10-20)40-30(33)19-3-7-22(8-4-19)35-15-27-17-38-27/h1-11,25-27H,12-17H2. The van der Waals surface area contributed by atoms with Crippen molar-refractivity contribution < 1.29 is 47.5 Å². The number of ketones is 1. The Labute approximate surface area is 229 Å². The molecular weight excluding hydrogens is 520 g/mol. The molecule has 3 heterocycles. The molecule has 3 fully saturated rings. The highest BCUT2D eigenvalue weighted by Crippen LogP contribution is 2.28. The van der Waals surface area contributed by atoms with Gasteiger partial charge in [0.25, 0.3) is 0 Å². The second kappa shape index (κ2) is 11.5. The molecule has 40 heavy (non-hydrogen) atoms. The molecular formula is C30H26O10. The van der Waals surface area contributed by atoms with Gasteiger partial charge in [0, 0.05) is 18.1 Å². The van der Waals surface area contributed by atoms with E-state index in [1.165, 1.54) is 18.2 Å². The maximum absolute atomic E-state index is 12.8. The molecule has 3 aromatic rings. The summed E-state index contributed by atoms with van der Waals surface area (Å²) in [7, 11) is 0. The number of ether oxygens (including phenoxy) is 7. The molecule has 3 atom stereocenters. The number of esters is 2. The summed E-state index contributed by atoms with van der Waals surface area (Å²) in [5.41, 5.74) is 0.806. The van der Waals surface area contributed by atoms with Gasteiger partial charge in [-0.2, -0.15) is 0 Å². The molecule has 0 radical (unpaired) electrons. The summed E-state index contributed by atoms with van der Waals surface area (Å²) in [4.78, 5) is 38.5. The van der Waals surface area contributed by atoms with Gasteiger partial charge in [-0.15, -0.1) is 0 Å². The van der Waals surface area contributed by atoms with E-state index >= 15 is 0 Å². The van der Waals surface area contributed by atoms with Crippen LogP contribution in [0.5, 0.6) is 23.0 Å². The summed E-state index contributed by atoms with van der Waals surface area (Å²) in [5, 5.41) is 0. The molecule has 10 heteroatoms. The van der Waals surface area contributed by atoms with E-state index < -0.39 is 11.9 Å². The van der Waals surface area contributed by atoms with Crippen molar-refractivity contribution in [2.24, 2.45) is 0 Å². The van der Waals surface area contributed by atoms with Crippen LogP contribution in [-0.2, 0) is 14.2 Å². The van der Waals surface area contributed by atoms with E-state index in [1.807, 2.05) is 0 Å².